The van der Waals surface area contributed by atoms with Crippen LogP contribution < -0.4 is 14.2 Å². The van der Waals surface area contributed by atoms with Gasteiger partial charge in [-0.2, -0.15) is 0 Å². The molecular weight excluding hydrogens is 512 g/mol. The highest BCUT2D eigenvalue weighted by molar-refractivity contribution is 5.45. The highest BCUT2D eigenvalue weighted by Gasteiger charge is 2.30. The maximum atomic E-state index is 6.18. The summed E-state index contributed by atoms with van der Waals surface area (Å²) in [5.41, 5.74) is 4.37. The fraction of sp³-hybridized carbons (Fsp3) is 0.543. The van der Waals surface area contributed by atoms with Crippen LogP contribution in [0.4, 0.5) is 0 Å². The Bertz CT molecular complexity index is 1280. The van der Waals surface area contributed by atoms with E-state index in [1.807, 2.05) is 24.4 Å². The fourth-order valence-electron chi connectivity index (χ4n) is 5.51. The second-order valence-electron chi connectivity index (χ2n) is 13.2. The molecule has 0 saturated carbocycles. The van der Waals surface area contributed by atoms with Gasteiger partial charge in [-0.15, -0.1) is 0 Å². The molecule has 3 aromatic rings. The summed E-state index contributed by atoms with van der Waals surface area (Å²) < 4.78 is 22.6. The summed E-state index contributed by atoms with van der Waals surface area (Å²) in [6.45, 7) is 15.1. The van der Waals surface area contributed by atoms with Crippen LogP contribution in [-0.4, -0.2) is 43.5 Å². The van der Waals surface area contributed by atoms with Crippen molar-refractivity contribution in [1.29, 1.82) is 0 Å². The molecule has 1 fully saturated rings. The zero-order chi connectivity index (χ0) is 29.7. The van der Waals surface area contributed by atoms with Gasteiger partial charge < -0.3 is 18.9 Å². The van der Waals surface area contributed by atoms with Gasteiger partial charge in [0.15, 0.2) is 11.5 Å². The average molecular weight is 561 g/mol. The molecule has 0 aliphatic carbocycles. The number of methoxy groups -OCH3 is 2. The lowest BCUT2D eigenvalue weighted by molar-refractivity contribution is 0.0236. The Morgan fingerprint density at radius 2 is 1.49 bits per heavy atom. The Balaban J connectivity index is 1.39. The standard InChI is InChI=1S/C35H48N2O4/c1-33(2,26-13-14-28(38-7)29(22-26)39-8)18-19-34(3,4)30-15-12-25(24-36-30)23-35(5,6)31-10-9-11-32(37-31)41-27-16-20-40-21-17-27/h9-15,22,24,27H,16-21,23H2,1-8H3. The first-order valence-corrected chi connectivity index (χ1v) is 14.8. The van der Waals surface area contributed by atoms with Crippen molar-refractivity contribution in [2.24, 2.45) is 0 Å². The quantitative estimate of drug-likeness (QED) is 0.227. The van der Waals surface area contributed by atoms with E-state index in [1.165, 1.54) is 11.1 Å². The zero-order valence-corrected chi connectivity index (χ0v) is 26.3. The molecule has 0 atom stereocenters. The number of pyridine rings is 2. The fourth-order valence-corrected chi connectivity index (χ4v) is 5.51. The molecule has 0 bridgehead atoms. The Kier molecular flexibility index (Phi) is 9.63. The summed E-state index contributed by atoms with van der Waals surface area (Å²) in [4.78, 5) is 9.84. The third kappa shape index (κ3) is 7.79. The van der Waals surface area contributed by atoms with Crippen LogP contribution in [-0.2, 0) is 27.4 Å². The molecule has 3 heterocycles. The molecule has 4 rings (SSSR count). The summed E-state index contributed by atoms with van der Waals surface area (Å²) in [5, 5.41) is 0. The van der Waals surface area contributed by atoms with Gasteiger partial charge in [0.25, 0.3) is 0 Å². The molecular formula is C35H48N2O4. The predicted molar refractivity (Wildman–Crippen MR) is 165 cm³/mol. The van der Waals surface area contributed by atoms with Crippen molar-refractivity contribution in [2.75, 3.05) is 27.4 Å². The predicted octanol–water partition coefficient (Wildman–Crippen LogP) is 7.61. The molecule has 0 unspecified atom stereocenters. The topological polar surface area (TPSA) is 62.7 Å². The molecule has 0 spiro atoms. The lowest BCUT2D eigenvalue weighted by atomic mass is 9.74. The molecule has 2 aromatic heterocycles. The van der Waals surface area contributed by atoms with E-state index in [0.29, 0.717) is 5.88 Å². The summed E-state index contributed by atoms with van der Waals surface area (Å²) in [7, 11) is 3.35. The van der Waals surface area contributed by atoms with Crippen LogP contribution in [0.3, 0.4) is 0 Å². The summed E-state index contributed by atoms with van der Waals surface area (Å²) in [5.74, 6) is 2.23. The van der Waals surface area contributed by atoms with E-state index in [0.717, 1.165) is 68.2 Å². The normalized spacial score (nSPS) is 15.0. The van der Waals surface area contributed by atoms with Crippen LogP contribution in [0, 0.1) is 0 Å². The van der Waals surface area contributed by atoms with Crippen molar-refractivity contribution in [3.63, 3.8) is 0 Å². The zero-order valence-electron chi connectivity index (χ0n) is 26.3. The minimum atomic E-state index is -0.156. The number of rotatable bonds is 12. The molecule has 1 aromatic carbocycles. The largest absolute Gasteiger partial charge is 0.493 e. The van der Waals surface area contributed by atoms with E-state index in [1.54, 1.807) is 14.2 Å². The van der Waals surface area contributed by atoms with Crippen molar-refractivity contribution < 1.29 is 18.9 Å². The lowest BCUT2D eigenvalue weighted by Gasteiger charge is -2.32. The van der Waals surface area contributed by atoms with E-state index >= 15 is 0 Å². The first-order chi connectivity index (χ1) is 19.4. The molecule has 1 aliphatic heterocycles. The van der Waals surface area contributed by atoms with Crippen LogP contribution in [0.15, 0.2) is 54.7 Å². The molecule has 222 valence electrons. The van der Waals surface area contributed by atoms with Gasteiger partial charge in [-0.25, -0.2) is 4.98 Å². The minimum Gasteiger partial charge on any atom is -0.493 e. The molecule has 0 radical (unpaired) electrons. The number of ether oxygens (including phenoxy) is 4. The second kappa shape index (κ2) is 12.8. The maximum absolute atomic E-state index is 6.18. The van der Waals surface area contributed by atoms with Crippen molar-refractivity contribution in [1.82, 2.24) is 9.97 Å². The van der Waals surface area contributed by atoms with E-state index in [4.69, 9.17) is 28.9 Å². The van der Waals surface area contributed by atoms with Gasteiger partial charge in [0, 0.05) is 41.6 Å². The second-order valence-corrected chi connectivity index (χ2v) is 13.2. The molecule has 6 heteroatoms. The maximum Gasteiger partial charge on any atom is 0.213 e. The van der Waals surface area contributed by atoms with Gasteiger partial charge in [0.05, 0.1) is 33.1 Å². The first kappa shape index (κ1) is 30.8. The molecule has 41 heavy (non-hydrogen) atoms. The van der Waals surface area contributed by atoms with E-state index < -0.39 is 0 Å². The first-order valence-electron chi connectivity index (χ1n) is 14.8. The number of hydrogen-bond acceptors (Lipinski definition) is 6. The van der Waals surface area contributed by atoms with E-state index in [-0.39, 0.29) is 22.3 Å². The molecule has 1 aliphatic rings. The van der Waals surface area contributed by atoms with Crippen molar-refractivity contribution in [3.8, 4) is 17.4 Å². The van der Waals surface area contributed by atoms with Gasteiger partial charge in [0.2, 0.25) is 5.88 Å². The van der Waals surface area contributed by atoms with E-state index in [2.05, 4.69) is 71.9 Å². The third-order valence-corrected chi connectivity index (χ3v) is 8.58. The van der Waals surface area contributed by atoms with Crippen molar-refractivity contribution >= 4 is 0 Å². The average Bonchev–Trinajstić information content (AvgIpc) is 2.96. The summed E-state index contributed by atoms with van der Waals surface area (Å²) >= 11 is 0. The van der Waals surface area contributed by atoms with Crippen molar-refractivity contribution in [2.45, 2.75) is 96.0 Å². The van der Waals surface area contributed by atoms with Gasteiger partial charge in [-0.3, -0.25) is 4.98 Å². The molecule has 0 amide bonds. The van der Waals surface area contributed by atoms with Gasteiger partial charge >= 0.3 is 0 Å². The number of hydrogen-bond donors (Lipinski definition) is 0. The SMILES string of the molecule is COc1ccc(C(C)(C)CCC(C)(C)c2ccc(CC(C)(C)c3cccc(OC4CCOCC4)n3)cn2)cc1OC. The third-order valence-electron chi connectivity index (χ3n) is 8.58. The highest BCUT2D eigenvalue weighted by Crippen LogP contribution is 2.39. The Morgan fingerprint density at radius 3 is 2.15 bits per heavy atom. The van der Waals surface area contributed by atoms with Crippen LogP contribution in [0.25, 0.3) is 0 Å². The molecule has 6 nitrogen and oxygen atoms in total. The van der Waals surface area contributed by atoms with Crippen LogP contribution in [0.1, 0.15) is 89.7 Å². The minimum absolute atomic E-state index is 0.0171. The molecule has 0 N–H and O–H groups in total. The Labute approximate surface area is 246 Å². The molecule has 1 saturated heterocycles. The van der Waals surface area contributed by atoms with Crippen molar-refractivity contribution in [3.05, 3.63) is 77.2 Å². The number of aromatic nitrogens is 2. The van der Waals surface area contributed by atoms with Gasteiger partial charge in [-0.1, -0.05) is 59.7 Å². The summed E-state index contributed by atoms with van der Waals surface area (Å²) in [6.07, 6.45) is 6.93. The highest BCUT2D eigenvalue weighted by atomic mass is 16.5. The van der Waals surface area contributed by atoms with Crippen LogP contribution in [0.2, 0.25) is 0 Å². The number of nitrogens with zero attached hydrogens (tertiary/aromatic N) is 2. The smallest absolute Gasteiger partial charge is 0.213 e. The van der Waals surface area contributed by atoms with Crippen LogP contribution in [0.5, 0.6) is 17.4 Å². The van der Waals surface area contributed by atoms with Crippen LogP contribution >= 0.6 is 0 Å². The van der Waals surface area contributed by atoms with E-state index in [9.17, 15) is 0 Å². The summed E-state index contributed by atoms with van der Waals surface area (Å²) in [6, 6.07) is 16.8. The lowest BCUT2D eigenvalue weighted by Crippen LogP contribution is -2.27. The van der Waals surface area contributed by atoms with Gasteiger partial charge in [-0.05, 0) is 60.1 Å². The number of benzene rings is 1. The Morgan fingerprint density at radius 1 is 0.780 bits per heavy atom. The van der Waals surface area contributed by atoms with Gasteiger partial charge in [0.1, 0.15) is 6.10 Å². The Hall–Kier alpha value is -3.12. The monoisotopic (exact) mass is 560 g/mol.